The van der Waals surface area contributed by atoms with Gasteiger partial charge in [-0.3, -0.25) is 9.97 Å². The van der Waals surface area contributed by atoms with Gasteiger partial charge in [-0.1, -0.05) is 279 Å². The van der Waals surface area contributed by atoms with Gasteiger partial charge in [0.1, 0.15) is 0 Å². The van der Waals surface area contributed by atoms with Gasteiger partial charge in [0.25, 0.3) is 0 Å². The molecule has 7 nitrogen and oxygen atoms in total. The number of pyridine rings is 4. The Balaban J connectivity index is 0.0000000997. The maximum atomic E-state index is 4.93. The van der Waals surface area contributed by atoms with Crippen LogP contribution in [0.3, 0.4) is 0 Å². The fraction of sp³-hybridized carbons (Fsp3) is 0. The highest BCUT2D eigenvalue weighted by Crippen LogP contribution is 2.52. The van der Waals surface area contributed by atoms with E-state index in [0.717, 1.165) is 78.2 Å². The summed E-state index contributed by atoms with van der Waals surface area (Å²) >= 11 is 5.68. The molecule has 558 valence electrons. The third kappa shape index (κ3) is 10.6. The fourth-order valence-corrected chi connectivity index (χ4v) is 22.9. The Bertz CT molecular complexity index is 8110. The quantitative estimate of drug-likeness (QED) is 0.166. The first kappa shape index (κ1) is 68.2. The number of fused-ring (bicyclic) bond motifs is 33. The van der Waals surface area contributed by atoms with E-state index in [9.17, 15) is 0 Å². The van der Waals surface area contributed by atoms with Crippen LogP contribution in [0.2, 0.25) is 0 Å². The lowest BCUT2D eigenvalue weighted by atomic mass is 9.99. The van der Waals surface area contributed by atoms with Crippen LogP contribution in [0.25, 0.3) is 242 Å². The second kappa shape index (κ2) is 27.3. The van der Waals surface area contributed by atoms with Gasteiger partial charge in [0.15, 0.2) is 0 Å². The third-order valence-electron chi connectivity index (χ3n) is 24.4. The second-order valence-electron chi connectivity index (χ2n) is 31.0. The molecule has 27 aromatic rings. The molecule has 0 saturated carbocycles. The van der Waals surface area contributed by atoms with E-state index in [2.05, 4.69) is 372 Å². The molecule has 0 saturated heterocycles. The van der Waals surface area contributed by atoms with Gasteiger partial charge in [-0.25, -0.2) is 9.97 Å². The molecule has 0 unspecified atom stereocenters. The zero-order valence-corrected chi connectivity index (χ0v) is 66.8. The average Bonchev–Trinajstić information content (AvgIpc) is 1.55. The van der Waals surface area contributed by atoms with Crippen LogP contribution in [0, 0.1) is 0 Å². The highest BCUT2D eigenvalue weighted by atomic mass is 32.1. The van der Waals surface area contributed by atoms with E-state index in [1.165, 1.54) is 164 Å². The van der Waals surface area contributed by atoms with E-state index in [4.69, 9.17) is 19.9 Å². The third-order valence-corrected chi connectivity index (χ3v) is 27.9. The summed E-state index contributed by atoms with van der Waals surface area (Å²) in [5.41, 5.74) is 18.8. The van der Waals surface area contributed by atoms with Crippen LogP contribution in [0.15, 0.2) is 395 Å². The van der Waals surface area contributed by atoms with Crippen LogP contribution in [0.5, 0.6) is 0 Å². The molecule has 10 heterocycles. The molecule has 17 aromatic carbocycles. The summed E-state index contributed by atoms with van der Waals surface area (Å²) in [6.07, 6.45) is 3.96. The predicted molar refractivity (Wildman–Crippen MR) is 514 cm³/mol. The molecule has 0 fully saturated rings. The molecule has 0 bridgehead atoms. The van der Waals surface area contributed by atoms with Crippen molar-refractivity contribution in [3.05, 3.63) is 395 Å². The summed E-state index contributed by atoms with van der Waals surface area (Å²) in [6.45, 7) is 0. The second-order valence-corrected chi connectivity index (χ2v) is 34.1. The summed E-state index contributed by atoms with van der Waals surface area (Å²) in [5.74, 6) is 0. The van der Waals surface area contributed by atoms with E-state index in [1.807, 2.05) is 70.7 Å². The van der Waals surface area contributed by atoms with Crippen molar-refractivity contribution >= 4 is 225 Å². The minimum Gasteiger partial charge on any atom is -0.308 e. The van der Waals surface area contributed by atoms with E-state index < -0.39 is 0 Å². The van der Waals surface area contributed by atoms with Gasteiger partial charge in [-0.2, -0.15) is 0 Å². The molecule has 10 aromatic heterocycles. The largest absolute Gasteiger partial charge is 0.308 e. The lowest BCUT2D eigenvalue weighted by molar-refractivity contribution is 1.14. The molecule has 27 rings (SSSR count). The monoisotopic (exact) mass is 1580 g/mol. The number of hydrogen-bond donors (Lipinski definition) is 0. The van der Waals surface area contributed by atoms with Crippen molar-refractivity contribution in [2.45, 2.75) is 0 Å². The molecule has 0 atom stereocenters. The van der Waals surface area contributed by atoms with Gasteiger partial charge in [0.2, 0.25) is 0 Å². The number of benzene rings is 17. The van der Waals surface area contributed by atoms with E-state index in [-0.39, 0.29) is 0 Å². The summed E-state index contributed by atoms with van der Waals surface area (Å²) in [4.78, 5) is 19.5. The predicted octanol–water partition coefficient (Wildman–Crippen LogP) is 31.0. The first-order valence-electron chi connectivity index (χ1n) is 40.6. The normalized spacial score (nSPS) is 12.0. The van der Waals surface area contributed by atoms with Crippen molar-refractivity contribution in [2.24, 2.45) is 0 Å². The molecule has 0 N–H and O–H groups in total. The molecule has 0 radical (unpaired) electrons. The minimum atomic E-state index is 0.868. The Morgan fingerprint density at radius 3 is 0.933 bits per heavy atom. The van der Waals surface area contributed by atoms with E-state index >= 15 is 0 Å². The molecule has 0 aliphatic carbocycles. The lowest BCUT2D eigenvalue weighted by Crippen LogP contribution is -1.96. The molecule has 0 aliphatic heterocycles. The fourth-order valence-electron chi connectivity index (χ4n) is 19.1. The lowest BCUT2D eigenvalue weighted by Gasteiger charge is -2.11. The van der Waals surface area contributed by atoms with E-state index in [0.29, 0.717) is 0 Å². The number of rotatable bonds is 6. The summed E-state index contributed by atoms with van der Waals surface area (Å²) < 4.78 is 15.3. The summed E-state index contributed by atoms with van der Waals surface area (Å²) in [7, 11) is 0. The zero-order chi connectivity index (χ0) is 78.6. The molecular formula is C110H65N7S3. The molecule has 0 spiro atoms. The first-order chi connectivity index (χ1) is 59.5. The van der Waals surface area contributed by atoms with E-state index in [1.54, 1.807) is 0 Å². The first-order valence-corrected chi connectivity index (χ1v) is 43.0. The van der Waals surface area contributed by atoms with Gasteiger partial charge in [0, 0.05) is 124 Å². The minimum absolute atomic E-state index is 0.868. The van der Waals surface area contributed by atoms with Gasteiger partial charge in [0.05, 0.1) is 92.9 Å². The van der Waals surface area contributed by atoms with Crippen molar-refractivity contribution in [2.75, 3.05) is 0 Å². The van der Waals surface area contributed by atoms with Gasteiger partial charge >= 0.3 is 0 Å². The molecule has 120 heavy (non-hydrogen) atoms. The SMILES string of the molecule is c1ccc2cc(-c3ccc(-n4c5ccccc5c5c6ccccc6c6c7ccccc7sc6c54)cc3)ncc2c1.c1ccc2nc(-c3ccc(-n4c5ccccc5c5c6ccccc6c6c7ccccc7sc6c54)cc3)ccc2c1.c1ccc2nc(-c3ccc(-n4c5ccccc5c5c6ccccc6c6c7ccccc7sc6c54)cn3)ccc2c1. The Hall–Kier alpha value is -15.0. The van der Waals surface area contributed by atoms with Crippen LogP contribution in [-0.2, 0) is 0 Å². The topological polar surface area (TPSA) is 66.3 Å². The molecule has 10 heteroatoms. The number of aromatic nitrogens is 7. The van der Waals surface area contributed by atoms with Gasteiger partial charge in [-0.05, 0) is 141 Å². The molecule has 0 aliphatic rings. The van der Waals surface area contributed by atoms with Crippen LogP contribution in [-0.4, -0.2) is 33.6 Å². The highest BCUT2D eigenvalue weighted by Gasteiger charge is 2.27. The van der Waals surface area contributed by atoms with Crippen molar-refractivity contribution in [1.82, 2.24) is 33.6 Å². The summed E-state index contributed by atoms with van der Waals surface area (Å²) in [6, 6.07) is 137. The maximum absolute atomic E-state index is 4.93. The highest BCUT2D eigenvalue weighted by molar-refractivity contribution is 7.28. The van der Waals surface area contributed by atoms with Crippen LogP contribution >= 0.6 is 34.0 Å². The summed E-state index contributed by atoms with van der Waals surface area (Å²) in [5, 5.41) is 28.3. The molecular weight excluding hydrogens is 1520 g/mol. The van der Waals surface area contributed by atoms with Gasteiger partial charge in [-0.15, -0.1) is 34.0 Å². The van der Waals surface area contributed by atoms with Crippen molar-refractivity contribution < 1.29 is 0 Å². The maximum Gasteiger partial charge on any atom is 0.0893 e. The Morgan fingerprint density at radius 1 is 0.200 bits per heavy atom. The smallest absolute Gasteiger partial charge is 0.0893 e. The van der Waals surface area contributed by atoms with Crippen LogP contribution in [0.1, 0.15) is 0 Å². The van der Waals surface area contributed by atoms with Crippen molar-refractivity contribution in [1.29, 1.82) is 0 Å². The average molecular weight is 1580 g/mol. The Kier molecular flexibility index (Phi) is 15.5. The van der Waals surface area contributed by atoms with Crippen LogP contribution in [0.4, 0.5) is 0 Å². The van der Waals surface area contributed by atoms with Crippen LogP contribution < -0.4 is 0 Å². The zero-order valence-electron chi connectivity index (χ0n) is 64.4. The van der Waals surface area contributed by atoms with Crippen molar-refractivity contribution in [3.63, 3.8) is 0 Å². The van der Waals surface area contributed by atoms with Crippen molar-refractivity contribution in [3.8, 4) is 51.0 Å². The van der Waals surface area contributed by atoms with Gasteiger partial charge < -0.3 is 13.7 Å². The standard InChI is InChI=1S/2C37H22N2S.C36H21N3S/c1-6-14-30-23(9-1)19-22-31(38-30)24-17-20-25(21-18-24)39-32-15-7-4-12-28(32)34-26-10-2-3-11-27(26)35-29-13-5-8-16-33(29)40-37(35)36(34)39;1-2-10-25-22-38-31(21-24(25)9-1)23-17-19-26(20-18-23)39-32-15-7-5-13-29(32)34-27-11-3-4-12-28(27)35-30-14-6-8-16-33(30)40-37(35)36(34)39;1-6-14-28-22(9-1)17-19-30(38-28)29-20-18-23(21-37-29)39-31-15-7-4-12-26(31)33-24-10-2-3-11-25(24)34-27-13-5-8-16-32(27)40-36(34)35(33)39/h2*1-22H;1-21H. The Morgan fingerprint density at radius 2 is 0.508 bits per heavy atom. The number of hydrogen-bond acceptors (Lipinski definition) is 7. The molecule has 0 amide bonds. The number of para-hydroxylation sites is 5. The Labute approximate surface area is 698 Å². The number of thiophene rings is 3. The number of nitrogens with zero attached hydrogens (tertiary/aromatic N) is 7.